The molecule has 0 heterocycles. The molecule has 0 amide bonds. The number of rotatable bonds is 11. The van der Waals surface area contributed by atoms with Crippen LogP contribution >= 0.6 is 0 Å². The molecule has 0 N–H and O–H groups in total. The molecular formula is C21H42O2Sn. The Morgan fingerprint density at radius 2 is 1.33 bits per heavy atom. The van der Waals surface area contributed by atoms with Crippen LogP contribution in [0.1, 0.15) is 80.1 Å². The van der Waals surface area contributed by atoms with Gasteiger partial charge in [-0.1, -0.05) is 0 Å². The molecular weight excluding hydrogens is 403 g/mol. The van der Waals surface area contributed by atoms with Crippen molar-refractivity contribution in [1.82, 2.24) is 0 Å². The average Bonchev–Trinajstić information content (AvgIpc) is 3.30. The van der Waals surface area contributed by atoms with Gasteiger partial charge in [0.1, 0.15) is 0 Å². The molecule has 0 spiro atoms. The minimum absolute atomic E-state index is 0.0884. The van der Waals surface area contributed by atoms with E-state index in [1.165, 1.54) is 51.8 Å². The molecule has 0 unspecified atom stereocenters. The molecule has 1 aliphatic carbocycles. The Hall–Kier alpha value is 0.269. The molecule has 3 atom stereocenters. The zero-order valence-electron chi connectivity index (χ0n) is 17.4. The Morgan fingerprint density at radius 1 is 0.917 bits per heavy atom. The number of hydrogen-bond acceptors (Lipinski definition) is 2. The van der Waals surface area contributed by atoms with Crippen LogP contribution in [0.4, 0.5) is 0 Å². The maximum absolute atomic E-state index is 12.5. The monoisotopic (exact) mass is 446 g/mol. The summed E-state index contributed by atoms with van der Waals surface area (Å²) in [5.74, 6) is 0.883. The van der Waals surface area contributed by atoms with E-state index in [-0.39, 0.29) is 17.3 Å². The Kier molecular flexibility index (Phi) is 9.13. The van der Waals surface area contributed by atoms with E-state index < -0.39 is 18.4 Å². The first-order valence-corrected chi connectivity index (χ1v) is 18.1. The molecule has 0 aromatic heterocycles. The van der Waals surface area contributed by atoms with Gasteiger partial charge in [-0.25, -0.2) is 0 Å². The van der Waals surface area contributed by atoms with Crippen molar-refractivity contribution in [2.75, 3.05) is 7.11 Å². The van der Waals surface area contributed by atoms with Crippen LogP contribution in [0.2, 0.25) is 17.2 Å². The Labute approximate surface area is 155 Å². The second kappa shape index (κ2) is 9.83. The third-order valence-corrected chi connectivity index (χ3v) is 23.9. The molecule has 1 rings (SSSR count). The van der Waals surface area contributed by atoms with Crippen LogP contribution < -0.4 is 0 Å². The maximum atomic E-state index is 12.5. The normalized spacial score (nSPS) is 24.0. The summed E-state index contributed by atoms with van der Waals surface area (Å²) in [4.78, 5) is 12.5. The number of hydrogen-bond donors (Lipinski definition) is 0. The van der Waals surface area contributed by atoms with Gasteiger partial charge in [-0.05, 0) is 0 Å². The van der Waals surface area contributed by atoms with Gasteiger partial charge in [-0.3, -0.25) is 0 Å². The van der Waals surface area contributed by atoms with Crippen LogP contribution in [0, 0.1) is 17.3 Å². The molecule has 142 valence electrons. The van der Waals surface area contributed by atoms with E-state index in [9.17, 15) is 4.79 Å². The fraction of sp³-hybridized carbons (Fsp3) is 0.952. The van der Waals surface area contributed by atoms with Crippen LogP contribution in [-0.4, -0.2) is 31.5 Å². The van der Waals surface area contributed by atoms with E-state index in [4.69, 9.17) is 4.74 Å². The molecule has 0 radical (unpaired) electrons. The van der Waals surface area contributed by atoms with E-state index in [1.807, 2.05) is 0 Å². The molecule has 0 aromatic carbocycles. The van der Waals surface area contributed by atoms with E-state index >= 15 is 0 Å². The summed E-state index contributed by atoms with van der Waals surface area (Å²) in [6, 6.07) is 0. The van der Waals surface area contributed by atoms with E-state index in [0.717, 1.165) is 3.93 Å². The van der Waals surface area contributed by atoms with Gasteiger partial charge >= 0.3 is 156 Å². The molecule has 2 nitrogen and oxygen atoms in total. The molecule has 0 aliphatic heterocycles. The predicted octanol–water partition coefficient (Wildman–Crippen LogP) is 6.67. The van der Waals surface area contributed by atoms with Crippen LogP contribution in [0.3, 0.4) is 0 Å². The van der Waals surface area contributed by atoms with Crippen LogP contribution in [-0.2, 0) is 9.53 Å². The third kappa shape index (κ3) is 5.38. The van der Waals surface area contributed by atoms with Gasteiger partial charge in [0.2, 0.25) is 0 Å². The summed E-state index contributed by atoms with van der Waals surface area (Å²) < 4.78 is 10.5. The summed E-state index contributed by atoms with van der Waals surface area (Å²) >= 11 is -2.36. The van der Waals surface area contributed by atoms with Gasteiger partial charge in [0.05, 0.1) is 0 Å². The van der Waals surface area contributed by atoms with Crippen molar-refractivity contribution in [2.24, 2.45) is 17.3 Å². The van der Waals surface area contributed by atoms with Gasteiger partial charge in [0.25, 0.3) is 0 Å². The Balaban J connectivity index is 3.14. The van der Waals surface area contributed by atoms with Crippen molar-refractivity contribution in [1.29, 1.82) is 0 Å². The predicted molar refractivity (Wildman–Crippen MR) is 107 cm³/mol. The molecule has 0 aromatic rings. The van der Waals surface area contributed by atoms with Gasteiger partial charge in [0, 0.05) is 0 Å². The molecule has 3 heteroatoms. The summed E-state index contributed by atoms with van der Waals surface area (Å²) in [5, 5.41) is 0. The number of unbranched alkanes of at least 4 members (excludes halogenated alkanes) is 3. The number of carbonyl (C=O) groups is 1. The topological polar surface area (TPSA) is 26.3 Å². The minimum atomic E-state index is -2.36. The standard InChI is InChI=1S/C9H15O2.3C4H9.Sn/c1-9(2,3)7-5-6(7)8(10)11-4;3*1-3-4-2;/h5-7H,1-4H3;3*1,3-4H2,2H3;/t6-,7-;;;;/m1..../s1. The SMILES string of the molecule is CCC[CH2][Sn]([CH2]CCC)([CH2]CCC)[C@H]1[C@@H](C(=O)OC)[C@@H]1C(C)(C)C. The number of methoxy groups -OCH3 is 1. The van der Waals surface area contributed by atoms with Crippen molar-refractivity contribution in [3.63, 3.8) is 0 Å². The molecule has 0 bridgehead atoms. The number of ether oxygens (including phenoxy) is 1. The quantitative estimate of drug-likeness (QED) is 0.262. The molecule has 24 heavy (non-hydrogen) atoms. The van der Waals surface area contributed by atoms with Gasteiger partial charge in [-0.2, -0.15) is 0 Å². The second-order valence-electron chi connectivity index (χ2n) is 9.14. The molecule has 1 fully saturated rings. The Bertz CT molecular complexity index is 364. The first-order valence-electron chi connectivity index (χ1n) is 10.4. The van der Waals surface area contributed by atoms with Crippen LogP contribution in [0.25, 0.3) is 0 Å². The van der Waals surface area contributed by atoms with Crippen molar-refractivity contribution >= 4 is 24.3 Å². The van der Waals surface area contributed by atoms with Gasteiger partial charge < -0.3 is 0 Å². The van der Waals surface area contributed by atoms with Crippen molar-refractivity contribution in [3.8, 4) is 0 Å². The van der Waals surface area contributed by atoms with Crippen molar-refractivity contribution in [2.45, 2.75) is 97.3 Å². The van der Waals surface area contributed by atoms with Gasteiger partial charge in [0.15, 0.2) is 0 Å². The van der Waals surface area contributed by atoms with E-state index in [0.29, 0.717) is 5.92 Å². The number of carbonyl (C=O) groups excluding carboxylic acids is 1. The van der Waals surface area contributed by atoms with E-state index in [2.05, 4.69) is 41.5 Å². The average molecular weight is 445 g/mol. The Morgan fingerprint density at radius 3 is 1.62 bits per heavy atom. The number of esters is 1. The zero-order chi connectivity index (χ0) is 18.4. The molecule has 1 saturated carbocycles. The molecule has 0 saturated heterocycles. The summed E-state index contributed by atoms with van der Waals surface area (Å²) in [6.07, 6.45) is 8.03. The fourth-order valence-electron chi connectivity index (χ4n) is 5.04. The first-order chi connectivity index (χ1) is 11.3. The van der Waals surface area contributed by atoms with Crippen LogP contribution in [0.15, 0.2) is 0 Å². The zero-order valence-corrected chi connectivity index (χ0v) is 20.3. The van der Waals surface area contributed by atoms with E-state index in [1.54, 1.807) is 7.11 Å². The van der Waals surface area contributed by atoms with Gasteiger partial charge in [-0.15, -0.1) is 0 Å². The third-order valence-electron chi connectivity index (χ3n) is 6.28. The fourth-order valence-corrected chi connectivity index (χ4v) is 26.1. The van der Waals surface area contributed by atoms with Crippen molar-refractivity contribution < 1.29 is 9.53 Å². The molecule has 1 aliphatic rings. The summed E-state index contributed by atoms with van der Waals surface area (Å²) in [5.41, 5.74) is 0.232. The first kappa shape index (κ1) is 22.3. The van der Waals surface area contributed by atoms with Crippen LogP contribution in [0.5, 0.6) is 0 Å². The van der Waals surface area contributed by atoms with Crippen molar-refractivity contribution in [3.05, 3.63) is 0 Å². The summed E-state index contributed by atoms with van der Waals surface area (Å²) in [7, 11) is 1.58. The summed E-state index contributed by atoms with van der Waals surface area (Å²) in [6.45, 7) is 14.0. The second-order valence-corrected chi connectivity index (χ2v) is 23.1.